The van der Waals surface area contributed by atoms with Crippen LogP contribution in [0.2, 0.25) is 0 Å². The molecule has 1 aliphatic rings. The van der Waals surface area contributed by atoms with E-state index in [1.165, 1.54) is 9.30 Å². The van der Waals surface area contributed by atoms with Crippen molar-refractivity contribution >= 4 is 27.7 Å². The second kappa shape index (κ2) is 9.62. The number of morpholine rings is 1. The molecule has 0 radical (unpaired) electrons. The van der Waals surface area contributed by atoms with Gasteiger partial charge in [-0.1, -0.05) is 15.9 Å². The van der Waals surface area contributed by atoms with E-state index in [-0.39, 0.29) is 47.6 Å². The van der Waals surface area contributed by atoms with E-state index >= 15 is 0 Å². The van der Waals surface area contributed by atoms with Gasteiger partial charge in [0.05, 0.1) is 41.8 Å². The van der Waals surface area contributed by atoms with Gasteiger partial charge < -0.3 is 18.8 Å². The first-order chi connectivity index (χ1) is 16.7. The predicted octanol–water partition coefficient (Wildman–Crippen LogP) is 6.24. The van der Waals surface area contributed by atoms with Crippen molar-refractivity contribution < 1.29 is 36.2 Å². The van der Waals surface area contributed by atoms with Gasteiger partial charge in [-0.3, -0.25) is 0 Å². The van der Waals surface area contributed by atoms with E-state index in [4.69, 9.17) is 9.47 Å². The number of hydrogen-bond acceptors (Lipinski definition) is 4. The summed E-state index contributed by atoms with van der Waals surface area (Å²) in [6, 6.07) is 3.78. The Morgan fingerprint density at radius 1 is 1.19 bits per heavy atom. The number of benzene rings is 1. The lowest BCUT2D eigenvalue weighted by atomic mass is 10.0. The van der Waals surface area contributed by atoms with Crippen LogP contribution in [-0.2, 0) is 22.1 Å². The van der Waals surface area contributed by atoms with Crippen LogP contribution in [0.1, 0.15) is 32.0 Å². The highest BCUT2D eigenvalue weighted by Crippen LogP contribution is 2.35. The number of aromatic nitrogens is 2. The zero-order valence-electron chi connectivity index (χ0n) is 19.6. The molecule has 0 saturated carbocycles. The zero-order valence-corrected chi connectivity index (χ0v) is 21.2. The van der Waals surface area contributed by atoms with Crippen molar-refractivity contribution in [1.29, 1.82) is 0 Å². The number of alkyl halides is 3. The highest BCUT2D eigenvalue weighted by molar-refractivity contribution is 9.10. The number of rotatable bonds is 3. The number of fused-ring (bicyclic) bond motifs is 1. The van der Waals surface area contributed by atoms with Gasteiger partial charge in [-0.2, -0.15) is 13.2 Å². The standard InChI is InChI=1S/C24H23BrF5N3O3/c1-23(2,3)36-22(34)32-6-7-35-15(12-32)11-18-21(20-16(26)9-14(25)10-17(20)27)31-19-8-13(24(28,29)30)4-5-33(18)19/h4-5,8-10,15H,6-7,11-12H2,1-3H3/t15-/m0/s1. The van der Waals surface area contributed by atoms with Crippen LogP contribution in [0.15, 0.2) is 34.9 Å². The largest absolute Gasteiger partial charge is 0.444 e. The fraction of sp³-hybridized carbons (Fsp3) is 0.417. The van der Waals surface area contributed by atoms with E-state index < -0.39 is 46.7 Å². The SMILES string of the molecule is CC(C)(C)OC(=O)N1CCO[C@@H](Cc2c(-c3c(F)cc(Br)cc3F)nc3cc(C(F)(F)F)ccn23)C1. The quantitative estimate of drug-likeness (QED) is 0.347. The first kappa shape index (κ1) is 26.3. The minimum absolute atomic E-state index is 0.0239. The Labute approximate surface area is 212 Å². The average molecular weight is 576 g/mol. The van der Waals surface area contributed by atoms with Crippen LogP contribution in [0.4, 0.5) is 26.7 Å². The molecule has 1 aromatic carbocycles. The van der Waals surface area contributed by atoms with E-state index in [0.29, 0.717) is 0 Å². The van der Waals surface area contributed by atoms with Crippen molar-refractivity contribution in [3.05, 3.63) is 57.8 Å². The van der Waals surface area contributed by atoms with Crippen molar-refractivity contribution in [3.8, 4) is 11.3 Å². The Balaban J connectivity index is 1.75. The van der Waals surface area contributed by atoms with Gasteiger partial charge in [0.15, 0.2) is 0 Å². The van der Waals surface area contributed by atoms with E-state index in [9.17, 15) is 26.7 Å². The number of amides is 1. The number of carbonyl (C=O) groups is 1. The lowest BCUT2D eigenvalue weighted by molar-refractivity contribution is -0.137. The zero-order chi connectivity index (χ0) is 26.4. The molecule has 2 aromatic heterocycles. The summed E-state index contributed by atoms with van der Waals surface area (Å²) in [6.07, 6.45) is -4.59. The van der Waals surface area contributed by atoms with Gasteiger partial charge in [0.2, 0.25) is 0 Å². The molecule has 3 aromatic rings. The van der Waals surface area contributed by atoms with Gasteiger partial charge in [-0.15, -0.1) is 0 Å². The average Bonchev–Trinajstić information content (AvgIpc) is 3.08. The van der Waals surface area contributed by atoms with Crippen LogP contribution in [0.5, 0.6) is 0 Å². The summed E-state index contributed by atoms with van der Waals surface area (Å²) in [4.78, 5) is 18.2. The fourth-order valence-electron chi connectivity index (χ4n) is 3.99. The van der Waals surface area contributed by atoms with Crippen molar-refractivity contribution in [3.63, 3.8) is 0 Å². The van der Waals surface area contributed by atoms with Crippen LogP contribution in [-0.4, -0.2) is 51.8 Å². The van der Waals surface area contributed by atoms with E-state index in [0.717, 1.165) is 30.5 Å². The van der Waals surface area contributed by atoms with Crippen LogP contribution >= 0.6 is 15.9 Å². The molecule has 3 heterocycles. The van der Waals surface area contributed by atoms with Gasteiger partial charge in [0, 0.05) is 23.6 Å². The summed E-state index contributed by atoms with van der Waals surface area (Å²) in [5.74, 6) is -1.86. The number of ether oxygens (including phenoxy) is 2. The Hall–Kier alpha value is -2.73. The summed E-state index contributed by atoms with van der Waals surface area (Å²) >= 11 is 3.02. The van der Waals surface area contributed by atoms with Gasteiger partial charge in [-0.25, -0.2) is 18.6 Å². The second-order valence-corrected chi connectivity index (χ2v) is 10.3. The van der Waals surface area contributed by atoms with Crippen LogP contribution in [0, 0.1) is 11.6 Å². The highest BCUT2D eigenvalue weighted by Gasteiger charge is 2.33. The minimum atomic E-state index is -4.62. The molecule has 0 N–H and O–H groups in total. The third-order valence-corrected chi connectivity index (χ3v) is 5.97. The maximum absolute atomic E-state index is 14.9. The molecule has 0 unspecified atom stereocenters. The molecule has 1 amide bonds. The third-order valence-electron chi connectivity index (χ3n) is 5.51. The number of nitrogens with zero attached hydrogens (tertiary/aromatic N) is 3. The highest BCUT2D eigenvalue weighted by atomic mass is 79.9. The molecular formula is C24H23BrF5N3O3. The first-order valence-corrected chi connectivity index (χ1v) is 11.8. The molecular weight excluding hydrogens is 553 g/mol. The Kier molecular flexibility index (Phi) is 7.04. The summed E-state index contributed by atoms with van der Waals surface area (Å²) < 4.78 is 82.4. The smallest absolute Gasteiger partial charge is 0.416 e. The second-order valence-electron chi connectivity index (χ2n) is 9.42. The molecule has 0 aliphatic carbocycles. The van der Waals surface area contributed by atoms with Crippen molar-refractivity contribution in [1.82, 2.24) is 14.3 Å². The lowest BCUT2D eigenvalue weighted by Crippen LogP contribution is -2.48. The van der Waals surface area contributed by atoms with E-state index in [1.54, 1.807) is 20.8 Å². The predicted molar refractivity (Wildman–Crippen MR) is 124 cm³/mol. The summed E-state index contributed by atoms with van der Waals surface area (Å²) in [7, 11) is 0. The van der Waals surface area contributed by atoms with Crippen LogP contribution < -0.4 is 0 Å². The van der Waals surface area contributed by atoms with Crippen molar-refractivity contribution in [2.45, 2.75) is 45.1 Å². The molecule has 0 bridgehead atoms. The normalized spacial score (nSPS) is 17.0. The molecule has 12 heteroatoms. The van der Waals surface area contributed by atoms with E-state index in [1.807, 2.05) is 0 Å². The van der Waals surface area contributed by atoms with Crippen LogP contribution in [0.3, 0.4) is 0 Å². The number of hydrogen-bond donors (Lipinski definition) is 0. The topological polar surface area (TPSA) is 56.1 Å². The Morgan fingerprint density at radius 2 is 1.86 bits per heavy atom. The monoisotopic (exact) mass is 575 g/mol. The first-order valence-electron chi connectivity index (χ1n) is 11.1. The molecule has 194 valence electrons. The Morgan fingerprint density at radius 3 is 2.47 bits per heavy atom. The molecule has 1 fully saturated rings. The molecule has 1 saturated heterocycles. The third kappa shape index (κ3) is 5.64. The molecule has 4 rings (SSSR count). The minimum Gasteiger partial charge on any atom is -0.444 e. The van der Waals surface area contributed by atoms with Gasteiger partial charge >= 0.3 is 12.3 Å². The van der Waals surface area contributed by atoms with Crippen molar-refractivity contribution in [2.75, 3.05) is 19.7 Å². The van der Waals surface area contributed by atoms with Gasteiger partial charge in [0.1, 0.15) is 22.9 Å². The summed E-state index contributed by atoms with van der Waals surface area (Å²) in [5.41, 5.74) is -2.14. The fourth-order valence-corrected chi connectivity index (χ4v) is 4.39. The van der Waals surface area contributed by atoms with E-state index in [2.05, 4.69) is 20.9 Å². The molecule has 1 aliphatic heterocycles. The number of pyridine rings is 1. The van der Waals surface area contributed by atoms with Crippen LogP contribution in [0.25, 0.3) is 16.9 Å². The summed E-state index contributed by atoms with van der Waals surface area (Å²) in [6.45, 7) is 5.82. The maximum Gasteiger partial charge on any atom is 0.416 e. The molecule has 6 nitrogen and oxygen atoms in total. The van der Waals surface area contributed by atoms with Gasteiger partial charge in [0.25, 0.3) is 0 Å². The molecule has 1 atom stereocenters. The summed E-state index contributed by atoms with van der Waals surface area (Å²) in [5, 5.41) is 0. The van der Waals surface area contributed by atoms with Gasteiger partial charge in [-0.05, 0) is 45.0 Å². The molecule has 0 spiro atoms. The number of halogens is 6. The maximum atomic E-state index is 14.9. The Bertz CT molecular complexity index is 1280. The number of imidazole rings is 1. The molecule has 36 heavy (non-hydrogen) atoms. The van der Waals surface area contributed by atoms with Crippen molar-refractivity contribution in [2.24, 2.45) is 0 Å². The number of carbonyl (C=O) groups excluding carboxylic acids is 1. The lowest BCUT2D eigenvalue weighted by Gasteiger charge is -2.34.